The van der Waals surface area contributed by atoms with Crippen molar-refractivity contribution in [3.63, 3.8) is 0 Å². The van der Waals surface area contributed by atoms with Crippen LogP contribution in [0.5, 0.6) is 0 Å². The molecule has 2 aromatic carbocycles. The fourth-order valence-electron chi connectivity index (χ4n) is 2.26. The van der Waals surface area contributed by atoms with Gasteiger partial charge in [0.25, 0.3) is 5.91 Å². The Morgan fingerprint density at radius 1 is 1.04 bits per heavy atom. The van der Waals surface area contributed by atoms with Gasteiger partial charge >= 0.3 is 0 Å². The van der Waals surface area contributed by atoms with E-state index in [2.05, 4.69) is 15.3 Å². The van der Waals surface area contributed by atoms with Crippen LogP contribution in [0.4, 0.5) is 11.5 Å². The molecule has 3 rings (SSSR count). The van der Waals surface area contributed by atoms with Gasteiger partial charge in [-0.3, -0.25) is 4.79 Å². The van der Waals surface area contributed by atoms with Gasteiger partial charge in [0.1, 0.15) is 16.5 Å². The number of rotatable bonds is 4. The Labute approximate surface area is 161 Å². The van der Waals surface area contributed by atoms with E-state index in [1.807, 2.05) is 31.2 Å². The van der Waals surface area contributed by atoms with Gasteiger partial charge in [-0.15, -0.1) is 0 Å². The molecule has 0 radical (unpaired) electrons. The largest absolute Gasteiger partial charge is 0.382 e. The van der Waals surface area contributed by atoms with Gasteiger partial charge in [0.2, 0.25) is 0 Å². The molecule has 1 heterocycles. The lowest BCUT2D eigenvalue weighted by atomic mass is 10.2. The third-order valence-electron chi connectivity index (χ3n) is 3.60. The molecule has 0 aliphatic carbocycles. The van der Waals surface area contributed by atoms with E-state index in [1.165, 1.54) is 17.3 Å². The SMILES string of the molecule is Cc1ccc(Sc2nc(C)nc(N)c2NC(=O)c2ccc(Cl)cc2)cc1. The number of nitrogen functional groups attached to an aromatic ring is 1. The maximum atomic E-state index is 12.5. The first-order valence-electron chi connectivity index (χ1n) is 7.88. The van der Waals surface area contributed by atoms with Gasteiger partial charge in [0, 0.05) is 15.5 Å². The van der Waals surface area contributed by atoms with E-state index in [9.17, 15) is 4.79 Å². The van der Waals surface area contributed by atoms with Crippen LogP contribution < -0.4 is 11.1 Å². The first kappa shape index (κ1) is 18.2. The highest BCUT2D eigenvalue weighted by Crippen LogP contribution is 2.35. The van der Waals surface area contributed by atoms with Crippen molar-refractivity contribution in [1.82, 2.24) is 9.97 Å². The van der Waals surface area contributed by atoms with Crippen molar-refractivity contribution in [3.05, 3.63) is 70.5 Å². The van der Waals surface area contributed by atoms with E-state index in [-0.39, 0.29) is 11.7 Å². The second-order valence-corrected chi connectivity index (χ2v) is 7.21. The number of halogens is 1. The van der Waals surface area contributed by atoms with Gasteiger partial charge in [0.15, 0.2) is 5.82 Å². The average molecular weight is 385 g/mol. The van der Waals surface area contributed by atoms with Crippen molar-refractivity contribution in [1.29, 1.82) is 0 Å². The van der Waals surface area contributed by atoms with Gasteiger partial charge in [-0.2, -0.15) is 0 Å². The Balaban J connectivity index is 1.91. The Morgan fingerprint density at radius 2 is 1.69 bits per heavy atom. The van der Waals surface area contributed by atoms with Gasteiger partial charge in [-0.25, -0.2) is 9.97 Å². The molecule has 0 saturated heterocycles. The highest BCUT2D eigenvalue weighted by molar-refractivity contribution is 7.99. The van der Waals surface area contributed by atoms with Crippen LogP contribution in [0.3, 0.4) is 0 Å². The Morgan fingerprint density at radius 3 is 2.35 bits per heavy atom. The molecule has 5 nitrogen and oxygen atoms in total. The summed E-state index contributed by atoms with van der Waals surface area (Å²) in [5.41, 5.74) is 8.10. The maximum absolute atomic E-state index is 12.5. The first-order valence-corrected chi connectivity index (χ1v) is 9.07. The molecular formula is C19H17ClN4OS. The summed E-state index contributed by atoms with van der Waals surface area (Å²) in [7, 11) is 0. The summed E-state index contributed by atoms with van der Waals surface area (Å²) in [4.78, 5) is 22.1. The molecule has 0 atom stereocenters. The molecule has 7 heteroatoms. The fourth-order valence-corrected chi connectivity index (χ4v) is 3.32. The number of carbonyl (C=O) groups is 1. The van der Waals surface area contributed by atoms with Crippen molar-refractivity contribution in [2.45, 2.75) is 23.8 Å². The minimum absolute atomic E-state index is 0.231. The third-order valence-corrected chi connectivity index (χ3v) is 4.84. The molecule has 26 heavy (non-hydrogen) atoms. The van der Waals surface area contributed by atoms with Crippen molar-refractivity contribution in [2.75, 3.05) is 11.1 Å². The summed E-state index contributed by atoms with van der Waals surface area (Å²) in [6, 6.07) is 14.7. The van der Waals surface area contributed by atoms with Crippen molar-refractivity contribution >= 4 is 40.8 Å². The van der Waals surface area contributed by atoms with E-state index in [0.717, 1.165) is 4.90 Å². The van der Waals surface area contributed by atoms with Crippen LogP contribution in [0.2, 0.25) is 5.02 Å². The van der Waals surface area contributed by atoms with Crippen molar-refractivity contribution < 1.29 is 4.79 Å². The minimum atomic E-state index is -0.299. The fraction of sp³-hybridized carbons (Fsp3) is 0.105. The zero-order valence-electron chi connectivity index (χ0n) is 14.3. The molecule has 0 aliphatic rings. The number of nitrogens with two attached hydrogens (primary N) is 1. The normalized spacial score (nSPS) is 10.6. The second kappa shape index (κ2) is 7.76. The monoisotopic (exact) mass is 384 g/mol. The molecule has 0 unspecified atom stereocenters. The summed E-state index contributed by atoms with van der Waals surface area (Å²) < 4.78 is 0. The highest BCUT2D eigenvalue weighted by Gasteiger charge is 2.16. The van der Waals surface area contributed by atoms with E-state index in [1.54, 1.807) is 31.2 Å². The zero-order valence-corrected chi connectivity index (χ0v) is 15.9. The highest BCUT2D eigenvalue weighted by atomic mass is 35.5. The number of aryl methyl sites for hydroxylation is 2. The Kier molecular flexibility index (Phi) is 5.44. The molecule has 0 bridgehead atoms. The summed E-state index contributed by atoms with van der Waals surface area (Å²) in [5, 5.41) is 3.98. The third kappa shape index (κ3) is 4.33. The maximum Gasteiger partial charge on any atom is 0.255 e. The summed E-state index contributed by atoms with van der Waals surface area (Å²) in [6.07, 6.45) is 0. The standard InChI is InChI=1S/C19H17ClN4OS/c1-11-3-9-15(10-4-11)26-19-16(17(21)22-12(2)23-19)24-18(25)13-5-7-14(20)8-6-13/h3-10H,1-2H3,(H,24,25)(H2,21,22,23). The second-order valence-electron chi connectivity index (χ2n) is 5.71. The summed E-state index contributed by atoms with van der Waals surface area (Å²) in [5.74, 6) is 0.475. The number of amides is 1. The number of carbonyl (C=O) groups excluding carboxylic acids is 1. The van der Waals surface area contributed by atoms with Crippen LogP contribution in [0.1, 0.15) is 21.7 Å². The predicted molar refractivity (Wildman–Crippen MR) is 106 cm³/mol. The van der Waals surface area contributed by atoms with Gasteiger partial charge in [0.05, 0.1) is 0 Å². The predicted octanol–water partition coefficient (Wildman–Crippen LogP) is 4.73. The number of nitrogens with one attached hydrogen (secondary N) is 1. The zero-order chi connectivity index (χ0) is 18.7. The number of benzene rings is 2. The molecule has 3 aromatic rings. The van der Waals surface area contributed by atoms with E-state index >= 15 is 0 Å². The minimum Gasteiger partial charge on any atom is -0.382 e. The number of hydrogen-bond acceptors (Lipinski definition) is 5. The lowest BCUT2D eigenvalue weighted by molar-refractivity contribution is 0.102. The average Bonchev–Trinajstić information content (AvgIpc) is 2.60. The molecule has 0 saturated carbocycles. The summed E-state index contributed by atoms with van der Waals surface area (Å²) in [6.45, 7) is 3.79. The molecule has 132 valence electrons. The van der Waals surface area contributed by atoms with Crippen molar-refractivity contribution in [2.24, 2.45) is 0 Å². The molecule has 3 N–H and O–H groups in total. The van der Waals surface area contributed by atoms with E-state index in [0.29, 0.717) is 27.1 Å². The lowest BCUT2D eigenvalue weighted by Crippen LogP contribution is -2.15. The Hall–Kier alpha value is -2.57. The van der Waals surface area contributed by atoms with Crippen LogP contribution in [-0.4, -0.2) is 15.9 Å². The number of anilines is 2. The van der Waals surface area contributed by atoms with Crippen LogP contribution in [0.25, 0.3) is 0 Å². The van der Waals surface area contributed by atoms with E-state index in [4.69, 9.17) is 17.3 Å². The topological polar surface area (TPSA) is 80.9 Å². The number of hydrogen-bond donors (Lipinski definition) is 2. The van der Waals surface area contributed by atoms with Crippen molar-refractivity contribution in [3.8, 4) is 0 Å². The Bertz CT molecular complexity index is 943. The van der Waals surface area contributed by atoms with E-state index < -0.39 is 0 Å². The van der Waals surface area contributed by atoms with Crippen LogP contribution in [0, 0.1) is 13.8 Å². The lowest BCUT2D eigenvalue weighted by Gasteiger charge is -2.13. The molecule has 0 aliphatic heterocycles. The number of nitrogens with zero attached hydrogens (tertiary/aromatic N) is 2. The van der Waals surface area contributed by atoms with Crippen LogP contribution >= 0.6 is 23.4 Å². The quantitative estimate of drug-likeness (QED) is 0.635. The first-order chi connectivity index (χ1) is 12.4. The van der Waals surface area contributed by atoms with Gasteiger partial charge in [-0.1, -0.05) is 41.1 Å². The van der Waals surface area contributed by atoms with Gasteiger partial charge in [-0.05, 0) is 50.2 Å². The molecule has 1 amide bonds. The number of aromatic nitrogens is 2. The smallest absolute Gasteiger partial charge is 0.255 e. The molecule has 0 spiro atoms. The van der Waals surface area contributed by atoms with Gasteiger partial charge < -0.3 is 11.1 Å². The van der Waals surface area contributed by atoms with Crippen LogP contribution in [0.15, 0.2) is 58.5 Å². The van der Waals surface area contributed by atoms with Crippen LogP contribution in [-0.2, 0) is 0 Å². The molecule has 1 aromatic heterocycles. The molecular weight excluding hydrogens is 368 g/mol. The molecule has 0 fully saturated rings. The summed E-state index contributed by atoms with van der Waals surface area (Å²) >= 11 is 7.29.